The van der Waals surface area contributed by atoms with Gasteiger partial charge in [0.15, 0.2) is 0 Å². The molecule has 0 radical (unpaired) electrons. The molecule has 1 aliphatic carbocycles. The maximum absolute atomic E-state index is 5.65. The van der Waals surface area contributed by atoms with Crippen LogP contribution >= 0.6 is 0 Å². The fourth-order valence-electron chi connectivity index (χ4n) is 2.10. The topological polar surface area (TPSA) is 75.9 Å². The van der Waals surface area contributed by atoms with Crippen molar-refractivity contribution in [2.45, 2.75) is 38.1 Å². The van der Waals surface area contributed by atoms with Crippen LogP contribution in [0, 0.1) is 0 Å². The molecule has 5 heteroatoms. The van der Waals surface area contributed by atoms with Crippen LogP contribution < -0.4 is 16.4 Å². The molecule has 0 aromatic carbocycles. The first-order valence-electron chi connectivity index (χ1n) is 5.78. The van der Waals surface area contributed by atoms with Crippen molar-refractivity contribution in [2.75, 3.05) is 23.4 Å². The highest BCUT2D eigenvalue weighted by atomic mass is 15.1. The van der Waals surface area contributed by atoms with Gasteiger partial charge in [-0.2, -0.15) is 9.97 Å². The molecule has 0 spiro atoms. The zero-order valence-corrected chi connectivity index (χ0v) is 9.88. The van der Waals surface area contributed by atoms with Gasteiger partial charge in [-0.25, -0.2) is 0 Å². The van der Waals surface area contributed by atoms with E-state index in [0.29, 0.717) is 5.95 Å². The number of nitrogens with two attached hydrogens (primary N) is 1. The van der Waals surface area contributed by atoms with E-state index >= 15 is 0 Å². The van der Waals surface area contributed by atoms with E-state index in [4.69, 9.17) is 5.73 Å². The van der Waals surface area contributed by atoms with E-state index in [0.717, 1.165) is 18.1 Å². The predicted octanol–water partition coefficient (Wildman–Crippen LogP) is 1.85. The fraction of sp³-hybridized carbons (Fsp3) is 0.636. The molecular formula is C11H19N5. The van der Waals surface area contributed by atoms with Crippen LogP contribution in [0.3, 0.4) is 0 Å². The standard InChI is InChI=1S/C11H19N5/c1-3-11(5-4-6-11)16-9-7-8(13-2)14-10(12)15-9/h7H,3-6H2,1-2H3,(H4,12,13,14,15,16). The van der Waals surface area contributed by atoms with Crippen molar-refractivity contribution < 1.29 is 0 Å². The monoisotopic (exact) mass is 221 g/mol. The first-order valence-corrected chi connectivity index (χ1v) is 5.78. The number of nitrogens with one attached hydrogen (secondary N) is 2. The lowest BCUT2D eigenvalue weighted by Gasteiger charge is -2.42. The summed E-state index contributed by atoms with van der Waals surface area (Å²) < 4.78 is 0. The van der Waals surface area contributed by atoms with E-state index in [2.05, 4.69) is 27.5 Å². The largest absolute Gasteiger partial charge is 0.373 e. The molecule has 16 heavy (non-hydrogen) atoms. The summed E-state index contributed by atoms with van der Waals surface area (Å²) in [5.41, 5.74) is 5.88. The molecule has 0 amide bonds. The Morgan fingerprint density at radius 1 is 1.38 bits per heavy atom. The van der Waals surface area contributed by atoms with Crippen molar-refractivity contribution in [1.29, 1.82) is 0 Å². The maximum Gasteiger partial charge on any atom is 0.223 e. The molecule has 1 aliphatic rings. The SMILES string of the molecule is CCC1(Nc2cc(NC)nc(N)n2)CCC1. The van der Waals surface area contributed by atoms with E-state index in [1.165, 1.54) is 19.3 Å². The normalized spacial score (nSPS) is 17.6. The number of hydrogen-bond acceptors (Lipinski definition) is 5. The van der Waals surface area contributed by atoms with Gasteiger partial charge in [-0.05, 0) is 25.7 Å². The molecule has 0 atom stereocenters. The third kappa shape index (κ3) is 2.03. The molecule has 1 saturated carbocycles. The van der Waals surface area contributed by atoms with Crippen molar-refractivity contribution in [2.24, 2.45) is 0 Å². The van der Waals surface area contributed by atoms with Gasteiger partial charge < -0.3 is 16.4 Å². The van der Waals surface area contributed by atoms with E-state index in [9.17, 15) is 0 Å². The van der Waals surface area contributed by atoms with E-state index in [1.54, 1.807) is 0 Å². The minimum absolute atomic E-state index is 0.228. The highest BCUT2D eigenvalue weighted by Crippen LogP contribution is 2.37. The Morgan fingerprint density at radius 3 is 2.56 bits per heavy atom. The average Bonchev–Trinajstić information content (AvgIpc) is 2.22. The first kappa shape index (κ1) is 11.0. The van der Waals surface area contributed by atoms with Crippen molar-refractivity contribution in [3.63, 3.8) is 0 Å². The fourth-order valence-corrected chi connectivity index (χ4v) is 2.10. The summed E-state index contributed by atoms with van der Waals surface area (Å²) in [6, 6.07) is 1.89. The summed E-state index contributed by atoms with van der Waals surface area (Å²) in [4.78, 5) is 8.28. The molecule has 0 aliphatic heterocycles. The zero-order chi connectivity index (χ0) is 11.6. The lowest BCUT2D eigenvalue weighted by Crippen LogP contribution is -2.44. The number of anilines is 3. The van der Waals surface area contributed by atoms with Gasteiger partial charge in [-0.3, -0.25) is 0 Å². The van der Waals surface area contributed by atoms with Crippen LogP contribution in [0.4, 0.5) is 17.6 Å². The number of nitrogens with zero attached hydrogens (tertiary/aromatic N) is 2. The molecule has 1 fully saturated rings. The Morgan fingerprint density at radius 2 is 2.06 bits per heavy atom. The summed E-state index contributed by atoms with van der Waals surface area (Å²) in [5.74, 6) is 1.87. The molecule has 0 saturated heterocycles. The Hall–Kier alpha value is -1.52. The summed E-state index contributed by atoms with van der Waals surface area (Å²) >= 11 is 0. The Kier molecular flexibility index (Phi) is 2.85. The van der Waals surface area contributed by atoms with Gasteiger partial charge in [0.2, 0.25) is 5.95 Å². The lowest BCUT2D eigenvalue weighted by molar-refractivity contribution is 0.269. The second-order valence-electron chi connectivity index (χ2n) is 4.36. The van der Waals surface area contributed by atoms with Crippen LogP contribution in [0.1, 0.15) is 32.6 Å². The molecule has 0 unspecified atom stereocenters. The van der Waals surface area contributed by atoms with Gasteiger partial charge >= 0.3 is 0 Å². The Labute approximate surface area is 95.9 Å². The second kappa shape index (κ2) is 4.15. The number of hydrogen-bond donors (Lipinski definition) is 3. The maximum atomic E-state index is 5.65. The van der Waals surface area contributed by atoms with Crippen LogP contribution in [-0.2, 0) is 0 Å². The minimum Gasteiger partial charge on any atom is -0.373 e. The van der Waals surface area contributed by atoms with Gasteiger partial charge in [-0.1, -0.05) is 6.92 Å². The van der Waals surface area contributed by atoms with Crippen LogP contribution in [0.15, 0.2) is 6.07 Å². The van der Waals surface area contributed by atoms with E-state index in [1.807, 2.05) is 13.1 Å². The highest BCUT2D eigenvalue weighted by Gasteiger charge is 2.35. The van der Waals surface area contributed by atoms with Crippen LogP contribution in [0.2, 0.25) is 0 Å². The summed E-state index contributed by atoms with van der Waals surface area (Å²) in [6.07, 6.45) is 4.83. The van der Waals surface area contributed by atoms with Crippen LogP contribution in [-0.4, -0.2) is 22.6 Å². The molecule has 2 rings (SSSR count). The summed E-state index contributed by atoms with van der Waals surface area (Å²) in [6.45, 7) is 2.20. The number of nitrogen functional groups attached to an aromatic ring is 1. The van der Waals surface area contributed by atoms with Crippen molar-refractivity contribution in [1.82, 2.24) is 9.97 Å². The molecule has 1 aromatic rings. The molecule has 88 valence electrons. The van der Waals surface area contributed by atoms with Crippen LogP contribution in [0.5, 0.6) is 0 Å². The smallest absolute Gasteiger partial charge is 0.223 e. The Balaban J connectivity index is 2.17. The number of aromatic nitrogens is 2. The predicted molar refractivity (Wildman–Crippen MR) is 66.5 cm³/mol. The van der Waals surface area contributed by atoms with Gasteiger partial charge in [0.05, 0.1) is 0 Å². The molecule has 5 nitrogen and oxygen atoms in total. The molecule has 4 N–H and O–H groups in total. The zero-order valence-electron chi connectivity index (χ0n) is 9.88. The van der Waals surface area contributed by atoms with E-state index < -0.39 is 0 Å². The van der Waals surface area contributed by atoms with Crippen molar-refractivity contribution in [3.8, 4) is 0 Å². The van der Waals surface area contributed by atoms with Crippen molar-refractivity contribution in [3.05, 3.63) is 6.07 Å². The van der Waals surface area contributed by atoms with Gasteiger partial charge in [0.25, 0.3) is 0 Å². The molecule has 0 bridgehead atoms. The second-order valence-corrected chi connectivity index (χ2v) is 4.36. The third-order valence-electron chi connectivity index (χ3n) is 3.38. The lowest BCUT2D eigenvalue weighted by atomic mass is 9.75. The quantitative estimate of drug-likeness (QED) is 0.723. The highest BCUT2D eigenvalue weighted by molar-refractivity contribution is 5.52. The van der Waals surface area contributed by atoms with Gasteiger partial charge in [-0.15, -0.1) is 0 Å². The van der Waals surface area contributed by atoms with Crippen LogP contribution in [0.25, 0.3) is 0 Å². The van der Waals surface area contributed by atoms with Crippen molar-refractivity contribution >= 4 is 17.6 Å². The van der Waals surface area contributed by atoms with Gasteiger partial charge in [0.1, 0.15) is 11.6 Å². The minimum atomic E-state index is 0.228. The first-order chi connectivity index (χ1) is 7.67. The average molecular weight is 221 g/mol. The van der Waals surface area contributed by atoms with E-state index in [-0.39, 0.29) is 5.54 Å². The van der Waals surface area contributed by atoms with Gasteiger partial charge in [0, 0.05) is 18.7 Å². The molecule has 1 heterocycles. The molecular weight excluding hydrogens is 202 g/mol. The Bertz CT molecular complexity index is 367. The summed E-state index contributed by atoms with van der Waals surface area (Å²) in [7, 11) is 1.82. The number of rotatable bonds is 4. The molecule has 1 aromatic heterocycles. The third-order valence-corrected chi connectivity index (χ3v) is 3.38. The summed E-state index contributed by atoms with van der Waals surface area (Å²) in [5, 5.41) is 6.46.